The highest BCUT2D eigenvalue weighted by molar-refractivity contribution is 7.17. The van der Waals surface area contributed by atoms with Crippen molar-refractivity contribution in [3.8, 4) is 0 Å². The lowest BCUT2D eigenvalue weighted by molar-refractivity contribution is 0.0579. The molecular formula is C14H15ClOS. The second kappa shape index (κ2) is 4.97. The number of alkyl halides is 1. The highest BCUT2D eigenvalue weighted by Crippen LogP contribution is 2.31. The van der Waals surface area contributed by atoms with Gasteiger partial charge in [-0.15, -0.1) is 22.9 Å². The molecule has 2 aromatic rings. The van der Waals surface area contributed by atoms with Crippen molar-refractivity contribution in [1.82, 2.24) is 0 Å². The van der Waals surface area contributed by atoms with Gasteiger partial charge in [0, 0.05) is 22.6 Å². The Morgan fingerprint density at radius 1 is 1.35 bits per heavy atom. The number of rotatable bonds is 2. The molecule has 0 amide bonds. The maximum atomic E-state index is 6.37. The molecular weight excluding hydrogens is 252 g/mol. The lowest BCUT2D eigenvalue weighted by Crippen LogP contribution is -2.29. The molecule has 1 fully saturated rings. The summed E-state index contributed by atoms with van der Waals surface area (Å²) in [5.74, 6) is 0.462. The monoisotopic (exact) mass is 266 g/mol. The van der Waals surface area contributed by atoms with Gasteiger partial charge in [0.15, 0.2) is 0 Å². The molecule has 1 nitrogen and oxygen atoms in total. The van der Waals surface area contributed by atoms with Gasteiger partial charge < -0.3 is 4.74 Å². The van der Waals surface area contributed by atoms with E-state index in [0.717, 1.165) is 26.1 Å². The van der Waals surface area contributed by atoms with Gasteiger partial charge in [-0.2, -0.15) is 0 Å². The molecule has 2 atom stereocenters. The van der Waals surface area contributed by atoms with Crippen LogP contribution in [0.1, 0.15) is 12.0 Å². The van der Waals surface area contributed by atoms with Crippen LogP contribution in [0.2, 0.25) is 0 Å². The zero-order valence-electron chi connectivity index (χ0n) is 9.56. The van der Waals surface area contributed by atoms with Crippen molar-refractivity contribution in [3.63, 3.8) is 0 Å². The molecule has 1 aliphatic rings. The summed E-state index contributed by atoms with van der Waals surface area (Å²) in [6.07, 6.45) is 2.02. The van der Waals surface area contributed by atoms with Crippen molar-refractivity contribution < 1.29 is 4.74 Å². The van der Waals surface area contributed by atoms with Gasteiger partial charge >= 0.3 is 0 Å². The Balaban J connectivity index is 1.84. The quantitative estimate of drug-likeness (QED) is 0.744. The Hall–Kier alpha value is -0.570. The van der Waals surface area contributed by atoms with E-state index in [4.69, 9.17) is 16.3 Å². The first-order valence-electron chi connectivity index (χ1n) is 6.01. The smallest absolute Gasteiger partial charge is 0.0511 e. The normalized spacial score (nSPS) is 25.2. The summed E-state index contributed by atoms with van der Waals surface area (Å²) < 4.78 is 6.90. The van der Waals surface area contributed by atoms with E-state index >= 15 is 0 Å². The molecule has 90 valence electrons. The first kappa shape index (κ1) is 11.5. The van der Waals surface area contributed by atoms with Gasteiger partial charge in [-0.3, -0.25) is 0 Å². The Bertz CT molecular complexity index is 508. The number of benzene rings is 1. The number of ether oxygens (including phenoxy) is 1. The first-order valence-corrected chi connectivity index (χ1v) is 7.33. The predicted octanol–water partition coefficient (Wildman–Crippen LogP) is 4.09. The van der Waals surface area contributed by atoms with Gasteiger partial charge in [0.1, 0.15) is 0 Å². The lowest BCUT2D eigenvalue weighted by atomic mass is 9.93. The number of hydrogen-bond acceptors (Lipinski definition) is 2. The van der Waals surface area contributed by atoms with Crippen molar-refractivity contribution in [1.29, 1.82) is 0 Å². The maximum Gasteiger partial charge on any atom is 0.0511 e. The van der Waals surface area contributed by atoms with E-state index in [2.05, 4.69) is 29.6 Å². The second-order valence-corrected chi connectivity index (χ2v) is 6.07. The molecule has 3 rings (SSSR count). The molecule has 1 aromatic heterocycles. The van der Waals surface area contributed by atoms with Crippen molar-refractivity contribution >= 4 is 33.0 Å². The molecule has 1 aromatic carbocycles. The summed E-state index contributed by atoms with van der Waals surface area (Å²) in [6, 6.07) is 8.58. The Labute approximate surface area is 110 Å². The van der Waals surface area contributed by atoms with Gasteiger partial charge in [0.2, 0.25) is 0 Å². The Morgan fingerprint density at radius 3 is 3.12 bits per heavy atom. The van der Waals surface area contributed by atoms with Gasteiger partial charge in [-0.05, 0) is 35.2 Å². The summed E-state index contributed by atoms with van der Waals surface area (Å²) >= 11 is 8.19. The van der Waals surface area contributed by atoms with E-state index in [-0.39, 0.29) is 5.38 Å². The molecule has 3 heteroatoms. The fourth-order valence-corrected chi connectivity index (χ4v) is 3.66. The van der Waals surface area contributed by atoms with Crippen LogP contribution in [0.4, 0.5) is 0 Å². The van der Waals surface area contributed by atoms with Crippen LogP contribution in [0.3, 0.4) is 0 Å². The molecule has 1 aliphatic heterocycles. The highest BCUT2D eigenvalue weighted by atomic mass is 35.5. The van der Waals surface area contributed by atoms with Gasteiger partial charge in [0.05, 0.1) is 6.61 Å². The molecule has 0 N–H and O–H groups in total. The van der Waals surface area contributed by atoms with Crippen molar-refractivity contribution in [2.75, 3.05) is 13.2 Å². The van der Waals surface area contributed by atoms with Crippen molar-refractivity contribution in [2.24, 2.45) is 5.92 Å². The molecule has 0 radical (unpaired) electrons. The summed E-state index contributed by atoms with van der Waals surface area (Å²) in [5, 5.41) is 3.91. The topological polar surface area (TPSA) is 9.23 Å². The van der Waals surface area contributed by atoms with Crippen LogP contribution in [0, 0.1) is 5.92 Å². The van der Waals surface area contributed by atoms with Gasteiger partial charge in [0.25, 0.3) is 0 Å². The summed E-state index contributed by atoms with van der Waals surface area (Å²) in [5.41, 5.74) is 1.42. The van der Waals surface area contributed by atoms with E-state index in [9.17, 15) is 0 Å². The van der Waals surface area contributed by atoms with Crippen molar-refractivity contribution in [2.45, 2.75) is 18.2 Å². The first-order chi connectivity index (χ1) is 8.34. The fourth-order valence-electron chi connectivity index (χ4n) is 2.43. The SMILES string of the molecule is ClC1CCOCC1Cc1csc2ccccc12. The molecule has 0 aliphatic carbocycles. The van der Waals surface area contributed by atoms with Gasteiger partial charge in [-0.1, -0.05) is 18.2 Å². The van der Waals surface area contributed by atoms with E-state index in [0.29, 0.717) is 5.92 Å². The summed E-state index contributed by atoms with van der Waals surface area (Å²) in [4.78, 5) is 0. The number of thiophene rings is 1. The highest BCUT2D eigenvalue weighted by Gasteiger charge is 2.24. The van der Waals surface area contributed by atoms with Crippen LogP contribution in [-0.2, 0) is 11.2 Å². The standard InChI is InChI=1S/C14H15ClOS/c15-13-5-6-16-8-10(13)7-11-9-17-14-4-2-1-3-12(11)14/h1-4,9-10,13H,5-8H2. The van der Waals surface area contributed by atoms with Gasteiger partial charge in [-0.25, -0.2) is 0 Å². The van der Waals surface area contributed by atoms with Crippen LogP contribution in [-0.4, -0.2) is 18.6 Å². The fraction of sp³-hybridized carbons (Fsp3) is 0.429. The molecule has 2 unspecified atom stereocenters. The Morgan fingerprint density at radius 2 is 2.24 bits per heavy atom. The summed E-state index contributed by atoms with van der Waals surface area (Å²) in [7, 11) is 0. The molecule has 0 spiro atoms. The minimum Gasteiger partial charge on any atom is -0.381 e. The van der Waals surface area contributed by atoms with Crippen LogP contribution in [0.15, 0.2) is 29.6 Å². The van der Waals surface area contributed by atoms with E-state index < -0.39 is 0 Å². The average Bonchev–Trinajstić information content (AvgIpc) is 2.76. The molecule has 2 heterocycles. The number of fused-ring (bicyclic) bond motifs is 1. The van der Waals surface area contributed by atoms with Crippen molar-refractivity contribution in [3.05, 3.63) is 35.2 Å². The van der Waals surface area contributed by atoms with Crippen LogP contribution < -0.4 is 0 Å². The minimum absolute atomic E-state index is 0.266. The minimum atomic E-state index is 0.266. The second-order valence-electron chi connectivity index (χ2n) is 4.60. The zero-order valence-corrected chi connectivity index (χ0v) is 11.1. The largest absolute Gasteiger partial charge is 0.381 e. The maximum absolute atomic E-state index is 6.37. The average molecular weight is 267 g/mol. The van der Waals surface area contributed by atoms with E-state index in [1.807, 2.05) is 11.3 Å². The number of halogens is 1. The van der Waals surface area contributed by atoms with E-state index in [1.54, 1.807) is 0 Å². The zero-order chi connectivity index (χ0) is 11.7. The van der Waals surface area contributed by atoms with E-state index in [1.165, 1.54) is 15.6 Å². The molecule has 1 saturated heterocycles. The third kappa shape index (κ3) is 2.35. The predicted molar refractivity (Wildman–Crippen MR) is 74.1 cm³/mol. The third-order valence-corrected chi connectivity index (χ3v) is 5.01. The van der Waals surface area contributed by atoms with Crippen LogP contribution in [0.5, 0.6) is 0 Å². The molecule has 0 bridgehead atoms. The molecule has 17 heavy (non-hydrogen) atoms. The van der Waals surface area contributed by atoms with Crippen LogP contribution in [0.25, 0.3) is 10.1 Å². The molecule has 0 saturated carbocycles. The lowest BCUT2D eigenvalue weighted by Gasteiger charge is -2.27. The number of hydrogen-bond donors (Lipinski definition) is 0. The van der Waals surface area contributed by atoms with Crippen LogP contribution >= 0.6 is 22.9 Å². The summed E-state index contributed by atoms with van der Waals surface area (Å²) in [6.45, 7) is 1.62. The third-order valence-electron chi connectivity index (χ3n) is 3.42. The Kier molecular flexibility index (Phi) is 3.37.